The Morgan fingerprint density at radius 1 is 0.912 bits per heavy atom. The van der Waals surface area contributed by atoms with Gasteiger partial charge in [-0.25, -0.2) is 9.37 Å². The summed E-state index contributed by atoms with van der Waals surface area (Å²) in [6, 6.07) is 24.2. The minimum absolute atomic E-state index is 0.00443. The molecule has 3 amide bonds. The molecule has 2 aliphatic heterocycles. The highest BCUT2D eigenvalue weighted by atomic mass is 32.1. The second-order valence-electron chi connectivity index (χ2n) is 22.7. The molecule has 0 radical (unpaired) electrons. The van der Waals surface area contributed by atoms with E-state index in [4.69, 9.17) is 0 Å². The number of rotatable bonds is 18. The van der Waals surface area contributed by atoms with Crippen molar-refractivity contribution in [2.75, 3.05) is 49.5 Å². The fraction of sp³-hybridized carbons (Fsp3) is 0.387. The van der Waals surface area contributed by atoms with Crippen LogP contribution < -0.4 is 32.0 Å². The van der Waals surface area contributed by atoms with Gasteiger partial charge in [0.05, 0.1) is 35.7 Å². The highest BCUT2D eigenvalue weighted by Crippen LogP contribution is 2.41. The van der Waals surface area contributed by atoms with Crippen LogP contribution in [0.2, 0.25) is 0 Å². The first-order valence-electron chi connectivity index (χ1n) is 27.6. The highest BCUT2D eigenvalue weighted by molar-refractivity contribution is 7.13. The van der Waals surface area contributed by atoms with Crippen LogP contribution in [0.5, 0.6) is 0 Å². The van der Waals surface area contributed by atoms with Crippen molar-refractivity contribution in [1.29, 1.82) is 0 Å². The third-order valence-electron chi connectivity index (χ3n) is 15.8. The van der Waals surface area contributed by atoms with E-state index in [0.29, 0.717) is 45.9 Å². The summed E-state index contributed by atoms with van der Waals surface area (Å²) in [5.41, 5.74) is 5.95. The number of β-amino-alcohol motifs (C(OH)–C–C–N with tert-alkyl or cyclic N) is 1. The standard InChI is InChI=1S/C62H70FN9O7S/c1-38-21-28-80-56(38)41-14-12-39(13-15-41)33-65-58(76)52-32-46(74)36-72(52)61(79)57(62(2,3)4)67-54(75)11-6-7-22-69-24-26-70(27-25-69)45-18-19-53(64-34-45)66-50-31-44(35-68(5)59(50)77)47-9-8-10-51(48(47)37-73)71-23-20-42-29-43(40-16-17-40)30-49(63)55(42)60(71)78/h8-10,12-15,18-21,23,28-31,34-35,40,46,52,57,73-74H,6-7,11,16-17,22,24-27,32-33,36-37H2,1-5H3,(H,64,66)(H,65,76)(H,67,75)/t46-,52+,57-/m1/s1. The van der Waals surface area contributed by atoms with Crippen molar-refractivity contribution in [3.63, 3.8) is 0 Å². The van der Waals surface area contributed by atoms with Crippen molar-refractivity contribution in [2.45, 2.75) is 103 Å². The van der Waals surface area contributed by atoms with E-state index >= 15 is 4.39 Å². The fourth-order valence-electron chi connectivity index (χ4n) is 11.1. The number of benzene rings is 3. The molecule has 1 saturated carbocycles. The summed E-state index contributed by atoms with van der Waals surface area (Å²) in [5.74, 6) is -0.721. The maximum absolute atomic E-state index is 15.5. The number of carbonyl (C=O) groups is 3. The molecule has 5 N–H and O–H groups in total. The smallest absolute Gasteiger partial charge is 0.274 e. The summed E-state index contributed by atoms with van der Waals surface area (Å²) in [6.07, 6.45) is 8.02. The molecule has 0 spiro atoms. The molecule has 4 aromatic heterocycles. The van der Waals surface area contributed by atoms with Crippen LogP contribution in [0.1, 0.15) is 87.5 Å². The van der Waals surface area contributed by atoms with Gasteiger partial charge in [-0.1, -0.05) is 63.2 Å². The third-order valence-corrected chi connectivity index (χ3v) is 16.9. The second kappa shape index (κ2) is 23.7. The average molecular weight is 1100 g/mol. The van der Waals surface area contributed by atoms with Gasteiger partial charge in [0.25, 0.3) is 11.1 Å². The van der Waals surface area contributed by atoms with Crippen LogP contribution in [0.4, 0.5) is 21.6 Å². The number of unbranched alkanes of at least 4 members (excludes halogenated alkanes) is 1. The summed E-state index contributed by atoms with van der Waals surface area (Å²) in [4.78, 5) is 80.4. The molecule has 7 aromatic rings. The molecule has 0 bridgehead atoms. The number of likely N-dealkylation sites (tertiary alicyclic amines) is 1. The molecule has 0 unspecified atom stereocenters. The van der Waals surface area contributed by atoms with Crippen LogP contribution >= 0.6 is 11.3 Å². The van der Waals surface area contributed by atoms with Crippen molar-refractivity contribution in [3.05, 3.63) is 158 Å². The van der Waals surface area contributed by atoms with Crippen LogP contribution in [0.15, 0.2) is 118 Å². The maximum Gasteiger partial charge on any atom is 0.274 e. The van der Waals surface area contributed by atoms with Gasteiger partial charge in [0.1, 0.15) is 29.4 Å². The summed E-state index contributed by atoms with van der Waals surface area (Å²) in [7, 11) is 1.64. The molecule has 3 fully saturated rings. The molecule has 18 heteroatoms. The first-order chi connectivity index (χ1) is 38.4. The van der Waals surface area contributed by atoms with E-state index in [1.165, 1.54) is 30.5 Å². The van der Waals surface area contributed by atoms with Crippen LogP contribution in [0, 0.1) is 18.2 Å². The van der Waals surface area contributed by atoms with Gasteiger partial charge >= 0.3 is 0 Å². The van der Waals surface area contributed by atoms with Gasteiger partial charge in [0.2, 0.25) is 17.7 Å². The molecule has 2 saturated heterocycles. The number of amides is 3. The van der Waals surface area contributed by atoms with Gasteiger partial charge in [0.15, 0.2) is 0 Å². The van der Waals surface area contributed by atoms with Crippen molar-refractivity contribution in [1.82, 2.24) is 34.6 Å². The molecular formula is C62H70FN9O7S. The van der Waals surface area contributed by atoms with Gasteiger partial charge in [-0.15, -0.1) is 11.3 Å². The topological polar surface area (TPSA) is 194 Å². The minimum Gasteiger partial charge on any atom is -0.392 e. The largest absolute Gasteiger partial charge is 0.392 e. The summed E-state index contributed by atoms with van der Waals surface area (Å²) in [5, 5.41) is 33.2. The Morgan fingerprint density at radius 2 is 1.69 bits per heavy atom. The van der Waals surface area contributed by atoms with E-state index in [1.807, 2.05) is 69.3 Å². The number of aliphatic hydroxyl groups excluding tert-OH is 2. The number of anilines is 3. The quantitative estimate of drug-likeness (QED) is 0.0521. The fourth-order valence-corrected chi connectivity index (χ4v) is 12.1. The van der Waals surface area contributed by atoms with Crippen LogP contribution in [0.25, 0.3) is 38.0 Å². The Morgan fingerprint density at radius 3 is 2.38 bits per heavy atom. The third kappa shape index (κ3) is 12.3. The molecular weight excluding hydrogens is 1030 g/mol. The Bertz CT molecular complexity index is 3540. The van der Waals surface area contributed by atoms with Gasteiger partial charge in [0, 0.05) is 87.6 Å². The number of aliphatic hydroxyl groups is 2. The number of nitrogens with zero attached hydrogens (tertiary/aromatic N) is 6. The van der Waals surface area contributed by atoms with Crippen LogP contribution in [-0.2, 0) is 34.6 Å². The van der Waals surface area contributed by atoms with Crippen LogP contribution in [-0.4, -0.2) is 109 Å². The van der Waals surface area contributed by atoms with E-state index in [-0.39, 0.29) is 60.3 Å². The van der Waals surface area contributed by atoms with Crippen molar-refractivity contribution in [2.24, 2.45) is 12.5 Å². The van der Waals surface area contributed by atoms with Gasteiger partial charge in [-0.3, -0.25) is 33.4 Å². The number of halogens is 1. The predicted octanol–water partition coefficient (Wildman–Crippen LogP) is 8.14. The molecule has 3 aromatic carbocycles. The zero-order valence-corrected chi connectivity index (χ0v) is 46.8. The number of piperazine rings is 1. The molecule has 10 rings (SSSR count). The van der Waals surface area contributed by atoms with Crippen LogP contribution in [0.3, 0.4) is 0 Å². The number of carbonyl (C=O) groups excluding carboxylic acids is 3. The maximum atomic E-state index is 15.5. The SMILES string of the molecule is Cc1ccsc1-c1ccc(CNC(=O)[C@@H]2C[C@@H](O)CN2C(=O)[C@@H](NC(=O)CCCCN2CCN(c3ccc(Nc4cc(-c5cccc(-n6ccc7cc(C8CC8)cc(F)c7c6=O)c5CO)cn(C)c4=O)nc3)CC2)C(C)(C)C)cc1. The van der Waals surface area contributed by atoms with Crippen molar-refractivity contribution in [3.8, 4) is 27.3 Å². The predicted molar refractivity (Wildman–Crippen MR) is 312 cm³/mol. The zero-order chi connectivity index (χ0) is 56.4. The van der Waals surface area contributed by atoms with Crippen molar-refractivity contribution < 1.29 is 29.0 Å². The lowest BCUT2D eigenvalue weighted by atomic mass is 9.85. The number of aryl methyl sites for hydroxylation is 2. The Balaban J connectivity index is 0.694. The minimum atomic E-state index is -0.891. The number of pyridine rings is 3. The molecule has 3 atom stereocenters. The van der Waals surface area contributed by atoms with Crippen molar-refractivity contribution >= 4 is 57.0 Å². The molecule has 418 valence electrons. The summed E-state index contributed by atoms with van der Waals surface area (Å²) < 4.78 is 18.3. The van der Waals surface area contributed by atoms with E-state index in [0.717, 1.165) is 74.4 Å². The van der Waals surface area contributed by atoms with Gasteiger partial charge in [-0.05, 0) is 132 Å². The molecule has 1 aliphatic carbocycles. The van der Waals surface area contributed by atoms with E-state index in [2.05, 4.69) is 49.1 Å². The van der Waals surface area contributed by atoms with E-state index in [1.54, 1.807) is 61.2 Å². The Kier molecular flexibility index (Phi) is 16.5. The highest BCUT2D eigenvalue weighted by Gasteiger charge is 2.44. The molecule has 80 heavy (non-hydrogen) atoms. The Hall–Kier alpha value is -7.51. The molecule has 16 nitrogen and oxygen atoms in total. The number of thiophene rings is 1. The van der Waals surface area contributed by atoms with Gasteiger partial charge in [-0.2, -0.15) is 0 Å². The van der Waals surface area contributed by atoms with E-state index in [9.17, 15) is 34.2 Å². The number of hydrogen-bond acceptors (Lipinski definition) is 12. The first-order valence-corrected chi connectivity index (χ1v) is 28.5. The lowest BCUT2D eigenvalue weighted by Crippen LogP contribution is -2.57. The first kappa shape index (κ1) is 55.8. The van der Waals surface area contributed by atoms with E-state index < -0.39 is 41.6 Å². The summed E-state index contributed by atoms with van der Waals surface area (Å²) >= 11 is 1.69. The molecule has 3 aliphatic rings. The lowest BCUT2D eigenvalue weighted by Gasteiger charge is -2.36. The van der Waals surface area contributed by atoms with Gasteiger partial charge < -0.3 is 40.5 Å². The Labute approximate surface area is 468 Å². The second-order valence-corrected chi connectivity index (χ2v) is 23.6. The lowest BCUT2D eigenvalue weighted by molar-refractivity contribution is -0.144. The average Bonchev–Trinajstić information content (AvgIpc) is 4.18. The summed E-state index contributed by atoms with van der Waals surface area (Å²) in [6.45, 7) is 11.6. The molecule has 6 heterocycles. The number of hydrogen-bond donors (Lipinski definition) is 5. The number of fused-ring (bicyclic) bond motifs is 1. The number of nitrogens with one attached hydrogen (secondary N) is 3. The zero-order valence-electron chi connectivity index (χ0n) is 46.0. The monoisotopic (exact) mass is 1100 g/mol. The number of aromatic nitrogens is 3. The normalized spacial score (nSPS) is 17.2.